The molecule has 20 heavy (non-hydrogen) atoms. The van der Waals surface area contributed by atoms with Gasteiger partial charge in [0.05, 0.1) is 6.54 Å². The number of aromatic nitrogens is 2. The Balaban J connectivity index is 1.89. The summed E-state index contributed by atoms with van der Waals surface area (Å²) < 4.78 is 0.509. The summed E-state index contributed by atoms with van der Waals surface area (Å²) in [6.07, 6.45) is 1.72. The van der Waals surface area contributed by atoms with Crippen molar-refractivity contribution in [3.63, 3.8) is 0 Å². The van der Waals surface area contributed by atoms with Crippen molar-refractivity contribution in [2.24, 2.45) is 0 Å². The fourth-order valence-corrected chi connectivity index (χ4v) is 2.89. The molecule has 0 unspecified atom stereocenters. The Labute approximate surface area is 123 Å². The van der Waals surface area contributed by atoms with Crippen LogP contribution >= 0.6 is 22.9 Å². The van der Waals surface area contributed by atoms with E-state index in [9.17, 15) is 4.79 Å². The van der Waals surface area contributed by atoms with E-state index in [1.807, 2.05) is 18.2 Å². The van der Waals surface area contributed by atoms with Gasteiger partial charge in [-0.2, -0.15) is 0 Å². The summed E-state index contributed by atoms with van der Waals surface area (Å²) in [4.78, 5) is 18.9. The van der Waals surface area contributed by atoms with E-state index in [-0.39, 0.29) is 5.69 Å². The third kappa shape index (κ3) is 2.48. The predicted molar refractivity (Wildman–Crippen MR) is 79.7 cm³/mol. The summed E-state index contributed by atoms with van der Waals surface area (Å²) in [5.41, 5.74) is 1.83. The third-order valence-electron chi connectivity index (χ3n) is 2.87. The van der Waals surface area contributed by atoms with Crippen molar-refractivity contribution in [2.75, 3.05) is 5.32 Å². The lowest BCUT2D eigenvalue weighted by Gasteiger charge is -2.05. The Bertz CT molecular complexity index is 781. The Kier molecular flexibility index (Phi) is 3.33. The van der Waals surface area contributed by atoms with Crippen LogP contribution in [-0.4, -0.2) is 21.0 Å². The van der Waals surface area contributed by atoms with Crippen LogP contribution in [0.3, 0.4) is 0 Å². The van der Waals surface area contributed by atoms with E-state index in [0.29, 0.717) is 11.0 Å². The molecule has 0 aliphatic heterocycles. The van der Waals surface area contributed by atoms with Crippen LogP contribution in [0.25, 0.3) is 10.9 Å². The summed E-state index contributed by atoms with van der Waals surface area (Å²) in [6, 6.07) is 7.24. The van der Waals surface area contributed by atoms with Crippen molar-refractivity contribution in [3.8, 4) is 0 Å². The second kappa shape index (κ2) is 5.15. The maximum atomic E-state index is 11.0. The number of halogens is 1. The number of carbonyl (C=O) groups is 1. The highest BCUT2D eigenvalue weighted by Gasteiger charge is 2.10. The molecule has 2 heterocycles. The molecule has 3 N–H and O–H groups in total. The molecule has 5 nitrogen and oxygen atoms in total. The molecule has 2 aromatic heterocycles. The van der Waals surface area contributed by atoms with Crippen molar-refractivity contribution >= 4 is 45.5 Å². The number of aromatic amines is 1. The molecule has 0 aliphatic carbocycles. The highest BCUT2D eigenvalue weighted by molar-refractivity contribution is 7.15. The van der Waals surface area contributed by atoms with Gasteiger partial charge in [-0.3, -0.25) is 0 Å². The number of anilines is 1. The normalized spacial score (nSPS) is 10.8. The number of carboxylic acid groups (broad SMARTS) is 1. The average molecular weight is 308 g/mol. The molecule has 0 amide bonds. The second-order valence-electron chi connectivity index (χ2n) is 4.19. The fraction of sp³-hybridized carbons (Fsp3) is 0.0769. The summed E-state index contributed by atoms with van der Waals surface area (Å²) in [5, 5.41) is 13.1. The van der Waals surface area contributed by atoms with E-state index in [4.69, 9.17) is 16.7 Å². The first-order chi connectivity index (χ1) is 9.63. The lowest BCUT2D eigenvalue weighted by molar-refractivity contribution is 0.0691. The van der Waals surface area contributed by atoms with Crippen molar-refractivity contribution in [1.82, 2.24) is 9.97 Å². The van der Waals surface area contributed by atoms with Gasteiger partial charge in [0.25, 0.3) is 0 Å². The summed E-state index contributed by atoms with van der Waals surface area (Å²) in [7, 11) is 0. The van der Waals surface area contributed by atoms with Crippen LogP contribution in [-0.2, 0) is 6.54 Å². The first-order valence-electron chi connectivity index (χ1n) is 5.82. The molecular formula is C13H10ClN3O2S. The maximum Gasteiger partial charge on any atom is 0.352 e. The average Bonchev–Trinajstić information content (AvgIpc) is 3.02. The number of fused-ring (bicyclic) bond motifs is 1. The monoisotopic (exact) mass is 307 g/mol. The third-order valence-corrected chi connectivity index (χ3v) is 3.99. The van der Waals surface area contributed by atoms with Gasteiger partial charge >= 0.3 is 5.97 Å². The van der Waals surface area contributed by atoms with Crippen LogP contribution < -0.4 is 5.32 Å². The van der Waals surface area contributed by atoms with Gasteiger partial charge in [-0.1, -0.05) is 17.7 Å². The minimum absolute atomic E-state index is 0.176. The molecule has 0 spiro atoms. The zero-order chi connectivity index (χ0) is 14.1. The smallest absolute Gasteiger partial charge is 0.352 e. The maximum absolute atomic E-state index is 11.0. The topological polar surface area (TPSA) is 78.0 Å². The van der Waals surface area contributed by atoms with Crippen LogP contribution in [0.5, 0.6) is 0 Å². The van der Waals surface area contributed by atoms with E-state index >= 15 is 0 Å². The van der Waals surface area contributed by atoms with E-state index in [2.05, 4.69) is 15.3 Å². The first-order valence-corrected chi connectivity index (χ1v) is 7.02. The zero-order valence-corrected chi connectivity index (χ0v) is 11.8. The summed E-state index contributed by atoms with van der Waals surface area (Å²) >= 11 is 7.20. The van der Waals surface area contributed by atoms with Gasteiger partial charge in [-0.05, 0) is 18.2 Å². The number of hydrogen-bond acceptors (Lipinski definition) is 4. The number of nitrogens with zero attached hydrogens (tertiary/aromatic N) is 1. The number of benzene rings is 1. The lowest BCUT2D eigenvalue weighted by atomic mass is 10.2. The quantitative estimate of drug-likeness (QED) is 0.688. The number of hydrogen-bond donors (Lipinski definition) is 3. The van der Waals surface area contributed by atoms with Gasteiger partial charge in [-0.15, -0.1) is 11.3 Å². The fourth-order valence-electron chi connectivity index (χ4n) is 1.97. The number of thiazole rings is 1. The predicted octanol–water partition coefficient (Wildman–Crippen LogP) is 3.59. The summed E-state index contributed by atoms with van der Waals surface area (Å²) in [5.74, 6) is -0.971. The van der Waals surface area contributed by atoms with E-state index in [0.717, 1.165) is 21.5 Å². The van der Waals surface area contributed by atoms with E-state index in [1.54, 1.807) is 12.3 Å². The Morgan fingerprint density at radius 2 is 2.35 bits per heavy atom. The molecule has 7 heteroatoms. The van der Waals surface area contributed by atoms with Crippen LogP contribution in [0.4, 0.5) is 5.69 Å². The van der Waals surface area contributed by atoms with Crippen LogP contribution in [0, 0.1) is 0 Å². The number of aromatic carboxylic acids is 1. The molecule has 0 saturated heterocycles. The molecule has 0 atom stereocenters. The molecule has 0 saturated carbocycles. The van der Waals surface area contributed by atoms with Gasteiger partial charge in [0.1, 0.15) is 5.69 Å². The lowest BCUT2D eigenvalue weighted by Crippen LogP contribution is -1.97. The minimum Gasteiger partial charge on any atom is -0.477 e. The van der Waals surface area contributed by atoms with E-state index in [1.165, 1.54) is 11.3 Å². The SMILES string of the molecule is O=C(O)c1cc2c(NCc3cnc(Cl)s3)cccc2[nH]1. The molecular weight excluding hydrogens is 298 g/mol. The number of H-pyrrole nitrogens is 1. The summed E-state index contributed by atoms with van der Waals surface area (Å²) in [6.45, 7) is 0.594. The van der Waals surface area contributed by atoms with Crippen molar-refractivity contribution in [1.29, 1.82) is 0 Å². The molecule has 0 fully saturated rings. The highest BCUT2D eigenvalue weighted by atomic mass is 35.5. The standard InChI is InChI=1S/C13H10ClN3O2S/c14-13-16-6-7(20-13)5-15-9-2-1-3-10-8(9)4-11(17-10)12(18)19/h1-4,6,15,17H,5H2,(H,18,19). The molecule has 0 aliphatic rings. The van der Waals surface area contributed by atoms with Gasteiger partial charge in [0, 0.05) is 27.7 Å². The molecule has 1 aromatic carbocycles. The van der Waals surface area contributed by atoms with Crippen molar-refractivity contribution in [2.45, 2.75) is 6.54 Å². The molecule has 102 valence electrons. The van der Waals surface area contributed by atoms with Crippen LogP contribution in [0.1, 0.15) is 15.4 Å². The van der Waals surface area contributed by atoms with Gasteiger partial charge in [0.2, 0.25) is 0 Å². The van der Waals surface area contributed by atoms with Crippen LogP contribution in [0.15, 0.2) is 30.5 Å². The Morgan fingerprint density at radius 1 is 1.50 bits per heavy atom. The number of nitrogens with one attached hydrogen (secondary N) is 2. The van der Waals surface area contributed by atoms with Gasteiger partial charge in [-0.25, -0.2) is 9.78 Å². The Hall–Kier alpha value is -2.05. The van der Waals surface area contributed by atoms with Crippen molar-refractivity contribution < 1.29 is 9.90 Å². The van der Waals surface area contributed by atoms with Gasteiger partial charge < -0.3 is 15.4 Å². The van der Waals surface area contributed by atoms with Crippen molar-refractivity contribution in [3.05, 3.63) is 45.5 Å². The second-order valence-corrected chi connectivity index (χ2v) is 5.89. The highest BCUT2D eigenvalue weighted by Crippen LogP contribution is 2.26. The first kappa shape index (κ1) is 13.0. The molecule has 0 radical (unpaired) electrons. The molecule has 3 aromatic rings. The van der Waals surface area contributed by atoms with Gasteiger partial charge in [0.15, 0.2) is 4.47 Å². The molecule has 3 rings (SSSR count). The molecule has 0 bridgehead atoms. The zero-order valence-electron chi connectivity index (χ0n) is 10.2. The number of rotatable bonds is 4. The number of carboxylic acids is 1. The van der Waals surface area contributed by atoms with Crippen LogP contribution in [0.2, 0.25) is 4.47 Å². The Morgan fingerprint density at radius 3 is 3.05 bits per heavy atom. The van der Waals surface area contributed by atoms with E-state index < -0.39 is 5.97 Å². The minimum atomic E-state index is -0.971. The largest absolute Gasteiger partial charge is 0.477 e.